The third kappa shape index (κ3) is 4.76. The molecule has 0 atom stereocenters. The third-order valence-corrected chi connectivity index (χ3v) is 6.52. The second-order valence-corrected chi connectivity index (χ2v) is 8.60. The van der Waals surface area contributed by atoms with Crippen molar-refractivity contribution in [3.63, 3.8) is 0 Å². The second-order valence-electron chi connectivity index (χ2n) is 6.70. The van der Waals surface area contributed by atoms with Gasteiger partial charge in [0.1, 0.15) is 10.6 Å². The van der Waals surface area contributed by atoms with E-state index in [1.165, 1.54) is 0 Å². The largest absolute Gasteiger partial charge is 0.494 e. The first kappa shape index (κ1) is 19.6. The highest BCUT2D eigenvalue weighted by Crippen LogP contribution is 2.30. The quantitative estimate of drug-likeness (QED) is 0.695. The Kier molecular flexibility index (Phi) is 6.29. The Labute approximate surface area is 161 Å². The first-order valence-electron chi connectivity index (χ1n) is 9.38. The average Bonchev–Trinajstić information content (AvgIpc) is 2.69. The minimum absolute atomic E-state index is 0.284. The molecule has 1 aliphatic rings. The van der Waals surface area contributed by atoms with Crippen molar-refractivity contribution in [2.24, 2.45) is 4.99 Å². The zero-order valence-electron chi connectivity index (χ0n) is 15.9. The van der Waals surface area contributed by atoms with Gasteiger partial charge in [0.2, 0.25) is 10.0 Å². The SMILES string of the molecule is CCOc1ccc(C=Nc2ccc(C)cc2S(=O)(=O)N2CCCCC2)cc1. The summed E-state index contributed by atoms with van der Waals surface area (Å²) in [6.07, 6.45) is 4.60. The van der Waals surface area contributed by atoms with Crippen LogP contribution in [0.4, 0.5) is 5.69 Å². The summed E-state index contributed by atoms with van der Waals surface area (Å²) < 4.78 is 33.3. The number of piperidine rings is 1. The van der Waals surface area contributed by atoms with Gasteiger partial charge in [-0.25, -0.2) is 8.42 Å². The molecule has 0 unspecified atom stereocenters. The molecule has 144 valence electrons. The summed E-state index contributed by atoms with van der Waals surface area (Å²) in [5.41, 5.74) is 2.27. The van der Waals surface area contributed by atoms with Crippen LogP contribution in [-0.2, 0) is 10.0 Å². The Bertz CT molecular complexity index is 900. The standard InChI is InChI=1S/C21H26N2O3S/c1-3-26-19-10-8-18(9-11-19)16-22-20-12-7-17(2)15-21(20)27(24,25)23-13-5-4-6-14-23/h7-12,15-16H,3-6,13-14H2,1-2H3. The van der Waals surface area contributed by atoms with Gasteiger partial charge in [-0.3, -0.25) is 4.99 Å². The molecule has 0 amide bonds. The molecular formula is C21H26N2O3S. The van der Waals surface area contributed by atoms with E-state index in [1.54, 1.807) is 22.7 Å². The number of nitrogens with zero attached hydrogens (tertiary/aromatic N) is 2. The number of hydrogen-bond donors (Lipinski definition) is 0. The first-order chi connectivity index (χ1) is 13.0. The maximum Gasteiger partial charge on any atom is 0.245 e. The van der Waals surface area contributed by atoms with E-state index in [4.69, 9.17) is 4.74 Å². The van der Waals surface area contributed by atoms with Gasteiger partial charge in [-0.05, 0) is 74.2 Å². The molecular weight excluding hydrogens is 360 g/mol. The lowest BCUT2D eigenvalue weighted by Crippen LogP contribution is -2.35. The van der Waals surface area contributed by atoms with E-state index in [9.17, 15) is 8.42 Å². The molecule has 2 aromatic carbocycles. The van der Waals surface area contributed by atoms with Crippen LogP contribution >= 0.6 is 0 Å². The summed E-state index contributed by atoms with van der Waals surface area (Å²) >= 11 is 0. The van der Waals surface area contributed by atoms with Crippen molar-refractivity contribution in [3.8, 4) is 5.75 Å². The number of aliphatic imine (C=N–C) groups is 1. The van der Waals surface area contributed by atoms with Crippen LogP contribution in [0.3, 0.4) is 0 Å². The number of sulfonamides is 1. The highest BCUT2D eigenvalue weighted by molar-refractivity contribution is 7.89. The zero-order valence-corrected chi connectivity index (χ0v) is 16.7. The molecule has 0 spiro atoms. The molecule has 1 saturated heterocycles. The van der Waals surface area contributed by atoms with Gasteiger partial charge in [0.15, 0.2) is 0 Å². The second kappa shape index (κ2) is 8.67. The van der Waals surface area contributed by atoms with Gasteiger partial charge in [0.25, 0.3) is 0 Å². The zero-order chi connectivity index (χ0) is 19.3. The molecule has 2 aromatic rings. The van der Waals surface area contributed by atoms with Crippen molar-refractivity contribution in [3.05, 3.63) is 53.6 Å². The average molecular weight is 387 g/mol. The molecule has 1 heterocycles. The monoisotopic (exact) mass is 386 g/mol. The normalized spacial score (nSPS) is 15.9. The lowest BCUT2D eigenvalue weighted by atomic mass is 10.2. The van der Waals surface area contributed by atoms with Crippen molar-refractivity contribution in [1.29, 1.82) is 0 Å². The van der Waals surface area contributed by atoms with E-state index in [2.05, 4.69) is 4.99 Å². The van der Waals surface area contributed by atoms with Crippen LogP contribution in [-0.4, -0.2) is 38.6 Å². The van der Waals surface area contributed by atoms with E-state index in [0.29, 0.717) is 25.4 Å². The summed E-state index contributed by atoms with van der Waals surface area (Å²) in [4.78, 5) is 4.77. The molecule has 0 saturated carbocycles. The van der Waals surface area contributed by atoms with Crippen molar-refractivity contribution >= 4 is 21.9 Å². The van der Waals surface area contributed by atoms with Gasteiger partial charge in [-0.2, -0.15) is 4.31 Å². The van der Waals surface area contributed by atoms with Crippen molar-refractivity contribution < 1.29 is 13.2 Å². The van der Waals surface area contributed by atoms with Crippen LogP contribution in [0.25, 0.3) is 0 Å². The lowest BCUT2D eigenvalue weighted by molar-refractivity contribution is 0.340. The molecule has 0 aromatic heterocycles. The maximum atomic E-state index is 13.1. The van der Waals surface area contributed by atoms with Gasteiger partial charge in [0, 0.05) is 19.3 Å². The lowest BCUT2D eigenvalue weighted by Gasteiger charge is -2.26. The highest BCUT2D eigenvalue weighted by atomic mass is 32.2. The van der Waals surface area contributed by atoms with Crippen molar-refractivity contribution in [2.45, 2.75) is 38.0 Å². The maximum absolute atomic E-state index is 13.1. The van der Waals surface area contributed by atoms with E-state index < -0.39 is 10.0 Å². The van der Waals surface area contributed by atoms with Crippen LogP contribution in [0.2, 0.25) is 0 Å². The summed E-state index contributed by atoms with van der Waals surface area (Å²) in [5.74, 6) is 0.804. The Balaban J connectivity index is 1.89. The number of benzene rings is 2. The molecule has 0 radical (unpaired) electrons. The highest BCUT2D eigenvalue weighted by Gasteiger charge is 2.28. The van der Waals surface area contributed by atoms with Gasteiger partial charge < -0.3 is 4.74 Å². The van der Waals surface area contributed by atoms with Crippen molar-refractivity contribution in [2.75, 3.05) is 19.7 Å². The predicted molar refractivity (Wildman–Crippen MR) is 109 cm³/mol. The third-order valence-electron chi connectivity index (χ3n) is 4.59. The number of rotatable bonds is 6. The van der Waals surface area contributed by atoms with E-state index in [1.807, 2.05) is 44.2 Å². The van der Waals surface area contributed by atoms with E-state index in [0.717, 1.165) is 36.1 Å². The van der Waals surface area contributed by atoms with Crippen LogP contribution in [0.1, 0.15) is 37.3 Å². The topological polar surface area (TPSA) is 59.0 Å². The minimum atomic E-state index is -3.53. The van der Waals surface area contributed by atoms with Gasteiger partial charge in [-0.15, -0.1) is 0 Å². The predicted octanol–water partition coefficient (Wildman–Crippen LogP) is 4.32. The van der Waals surface area contributed by atoms with Gasteiger partial charge >= 0.3 is 0 Å². The van der Waals surface area contributed by atoms with Crippen LogP contribution < -0.4 is 4.74 Å². The Hall–Kier alpha value is -2.18. The Morgan fingerprint density at radius 3 is 2.44 bits per heavy atom. The van der Waals surface area contributed by atoms with Crippen molar-refractivity contribution in [1.82, 2.24) is 4.31 Å². The molecule has 6 heteroatoms. The fourth-order valence-corrected chi connectivity index (χ4v) is 4.88. The molecule has 0 aliphatic carbocycles. The van der Waals surface area contributed by atoms with Crippen LogP contribution in [0.5, 0.6) is 5.75 Å². The molecule has 5 nitrogen and oxygen atoms in total. The van der Waals surface area contributed by atoms with Gasteiger partial charge in [0.05, 0.1) is 12.3 Å². The van der Waals surface area contributed by atoms with Gasteiger partial charge in [-0.1, -0.05) is 12.5 Å². The van der Waals surface area contributed by atoms with Crippen LogP contribution in [0.15, 0.2) is 52.4 Å². The van der Waals surface area contributed by atoms with E-state index in [-0.39, 0.29) is 4.90 Å². The minimum Gasteiger partial charge on any atom is -0.494 e. The molecule has 3 rings (SSSR count). The summed E-state index contributed by atoms with van der Waals surface area (Å²) in [6, 6.07) is 13.0. The summed E-state index contributed by atoms with van der Waals surface area (Å²) in [6.45, 7) is 5.62. The molecule has 0 bridgehead atoms. The number of ether oxygens (including phenoxy) is 1. The van der Waals surface area contributed by atoms with E-state index >= 15 is 0 Å². The molecule has 1 fully saturated rings. The molecule has 1 aliphatic heterocycles. The fourth-order valence-electron chi connectivity index (χ4n) is 3.14. The fraction of sp³-hybridized carbons (Fsp3) is 0.381. The molecule has 0 N–H and O–H groups in total. The Morgan fingerprint density at radius 2 is 1.78 bits per heavy atom. The smallest absolute Gasteiger partial charge is 0.245 e. The summed E-state index contributed by atoms with van der Waals surface area (Å²) in [5, 5.41) is 0. The summed E-state index contributed by atoms with van der Waals surface area (Å²) in [7, 11) is -3.53. The Morgan fingerprint density at radius 1 is 1.07 bits per heavy atom. The first-order valence-corrected chi connectivity index (χ1v) is 10.8. The molecule has 27 heavy (non-hydrogen) atoms. The number of hydrogen-bond acceptors (Lipinski definition) is 4. The number of aryl methyl sites for hydroxylation is 1. The van der Waals surface area contributed by atoms with Crippen LogP contribution in [0, 0.1) is 6.92 Å².